The Balaban J connectivity index is 2.78. The molecular weight excluding hydrogens is 883 g/mol. The van der Waals surface area contributed by atoms with Gasteiger partial charge in [0.1, 0.15) is 24.4 Å². The molecule has 0 saturated carbocycles. The van der Waals surface area contributed by atoms with Crippen LogP contribution in [0.15, 0.2) is 72.9 Å². The van der Waals surface area contributed by atoms with E-state index in [1.54, 1.807) is 6.08 Å². The predicted octanol–water partition coefficient (Wildman–Crippen LogP) is 12.4. The van der Waals surface area contributed by atoms with Crippen molar-refractivity contribution < 1.29 is 49.3 Å². The van der Waals surface area contributed by atoms with E-state index in [1.165, 1.54) is 77.0 Å². The van der Waals surface area contributed by atoms with Gasteiger partial charge >= 0.3 is 5.97 Å². The summed E-state index contributed by atoms with van der Waals surface area (Å²) in [6.07, 6.45) is 48.0. The molecule has 6 N–H and O–H groups in total. The third-order valence-electron chi connectivity index (χ3n) is 12.9. The number of aliphatic hydroxyl groups excluding tert-OH is 5. The normalized spacial score (nSPS) is 20.3. The lowest BCUT2D eigenvalue weighted by atomic mass is 9.99. The summed E-state index contributed by atoms with van der Waals surface area (Å²) in [5, 5.41) is 56.7. The average Bonchev–Trinajstić information content (AvgIpc) is 3.36. The van der Waals surface area contributed by atoms with Crippen molar-refractivity contribution in [3.8, 4) is 0 Å². The molecule has 11 nitrogen and oxygen atoms in total. The van der Waals surface area contributed by atoms with Gasteiger partial charge in [-0.25, -0.2) is 0 Å². The molecule has 404 valence electrons. The highest BCUT2D eigenvalue weighted by Crippen LogP contribution is 2.26. The number of carbonyl (C=O) groups excluding carboxylic acids is 2. The number of amides is 1. The lowest BCUT2D eigenvalue weighted by molar-refractivity contribution is -0.305. The van der Waals surface area contributed by atoms with Gasteiger partial charge in [0.05, 0.1) is 25.4 Å². The van der Waals surface area contributed by atoms with Gasteiger partial charge in [-0.05, 0) is 83.5 Å². The molecule has 70 heavy (non-hydrogen) atoms. The highest BCUT2D eigenvalue weighted by Gasteiger charge is 2.47. The molecule has 1 saturated heterocycles. The van der Waals surface area contributed by atoms with E-state index >= 15 is 0 Å². The summed E-state index contributed by atoms with van der Waals surface area (Å²) in [7, 11) is 0. The Labute approximate surface area is 426 Å². The summed E-state index contributed by atoms with van der Waals surface area (Å²) in [6, 6.07) is -1.04. The number of aliphatic hydroxyl groups is 5. The number of esters is 1. The van der Waals surface area contributed by atoms with Gasteiger partial charge in [-0.15, -0.1) is 0 Å². The topological polar surface area (TPSA) is 175 Å². The Hall–Kier alpha value is -2.90. The molecule has 1 fully saturated rings. The number of allylic oxidation sites excluding steroid dienone is 11. The van der Waals surface area contributed by atoms with Gasteiger partial charge in [0.25, 0.3) is 0 Å². The zero-order valence-electron chi connectivity index (χ0n) is 44.4. The third-order valence-corrected chi connectivity index (χ3v) is 12.9. The van der Waals surface area contributed by atoms with E-state index in [0.717, 1.165) is 103 Å². The summed E-state index contributed by atoms with van der Waals surface area (Å²) in [6.45, 7) is 5.60. The molecular formula is C59H103NO10. The van der Waals surface area contributed by atoms with Crippen LogP contribution in [0.5, 0.6) is 0 Å². The zero-order valence-corrected chi connectivity index (χ0v) is 44.4. The molecule has 1 aliphatic rings. The first-order valence-electron chi connectivity index (χ1n) is 28.2. The van der Waals surface area contributed by atoms with Gasteiger partial charge in [0.15, 0.2) is 12.4 Å². The SMILES string of the molecule is CC/C=C/C/C=C/C/C=C/CCCCCC(O)C(=O)NC(COC1OC(CO)C(O)C(O)C1OC(=O)CCCCCCCC/C=C/C=C/CCCCC)C(O)/C=C/CCCCCCCCCCCCC. The summed E-state index contributed by atoms with van der Waals surface area (Å²) in [4.78, 5) is 26.4. The second kappa shape index (κ2) is 47.1. The minimum Gasteiger partial charge on any atom is -0.454 e. The molecule has 8 atom stereocenters. The quantitative estimate of drug-likeness (QED) is 0.0149. The largest absolute Gasteiger partial charge is 0.454 e. The molecule has 0 aromatic heterocycles. The van der Waals surface area contributed by atoms with Crippen LogP contribution in [0.2, 0.25) is 0 Å². The predicted molar refractivity (Wildman–Crippen MR) is 287 cm³/mol. The van der Waals surface area contributed by atoms with E-state index in [-0.39, 0.29) is 19.4 Å². The summed E-state index contributed by atoms with van der Waals surface area (Å²) >= 11 is 0. The first kappa shape index (κ1) is 65.1. The number of hydrogen-bond acceptors (Lipinski definition) is 10. The minimum absolute atomic E-state index is 0.105. The van der Waals surface area contributed by atoms with E-state index in [2.05, 4.69) is 86.8 Å². The molecule has 8 unspecified atom stereocenters. The van der Waals surface area contributed by atoms with Crippen molar-refractivity contribution in [1.29, 1.82) is 0 Å². The Morgan fingerprint density at radius 1 is 0.586 bits per heavy atom. The first-order valence-corrected chi connectivity index (χ1v) is 28.2. The fourth-order valence-corrected chi connectivity index (χ4v) is 8.36. The number of hydrogen-bond donors (Lipinski definition) is 6. The Morgan fingerprint density at radius 2 is 1.07 bits per heavy atom. The van der Waals surface area contributed by atoms with Crippen LogP contribution in [0.1, 0.15) is 226 Å². The fraction of sp³-hybridized carbons (Fsp3) is 0.763. The van der Waals surface area contributed by atoms with Gasteiger partial charge in [-0.2, -0.15) is 0 Å². The fourth-order valence-electron chi connectivity index (χ4n) is 8.36. The van der Waals surface area contributed by atoms with Gasteiger partial charge in [0, 0.05) is 6.42 Å². The van der Waals surface area contributed by atoms with E-state index in [4.69, 9.17) is 14.2 Å². The van der Waals surface area contributed by atoms with E-state index in [1.807, 2.05) is 6.08 Å². The summed E-state index contributed by atoms with van der Waals surface area (Å²) < 4.78 is 17.5. The zero-order chi connectivity index (χ0) is 51.1. The van der Waals surface area contributed by atoms with E-state index in [0.29, 0.717) is 12.8 Å². The van der Waals surface area contributed by atoms with Crippen LogP contribution in [-0.2, 0) is 23.8 Å². The second-order valence-electron chi connectivity index (χ2n) is 19.3. The van der Waals surface area contributed by atoms with Gasteiger partial charge < -0.3 is 45.1 Å². The van der Waals surface area contributed by atoms with Crippen LogP contribution in [-0.4, -0.2) is 99.6 Å². The molecule has 1 rings (SSSR count). The van der Waals surface area contributed by atoms with Crippen LogP contribution in [0, 0.1) is 0 Å². The molecule has 0 bridgehead atoms. The average molecular weight is 986 g/mol. The van der Waals surface area contributed by atoms with Gasteiger partial charge in [-0.3, -0.25) is 9.59 Å². The van der Waals surface area contributed by atoms with Crippen molar-refractivity contribution in [2.24, 2.45) is 0 Å². The number of ether oxygens (including phenoxy) is 3. The number of unbranched alkanes of at least 4 members (excludes halogenated alkanes) is 23. The van der Waals surface area contributed by atoms with Crippen LogP contribution >= 0.6 is 0 Å². The number of rotatable bonds is 46. The molecule has 11 heteroatoms. The van der Waals surface area contributed by atoms with Gasteiger partial charge in [-0.1, -0.05) is 209 Å². The third kappa shape index (κ3) is 35.3. The van der Waals surface area contributed by atoms with Crippen molar-refractivity contribution in [2.75, 3.05) is 13.2 Å². The van der Waals surface area contributed by atoms with E-state index in [9.17, 15) is 35.1 Å². The lowest BCUT2D eigenvalue weighted by Gasteiger charge is -2.41. The highest BCUT2D eigenvalue weighted by molar-refractivity contribution is 5.80. The Bertz CT molecular complexity index is 1410. The standard InChI is InChI=1S/C59H103NO10/c1-4-7-10-13-16-19-22-25-26-29-32-35-38-41-44-47-54(64)70-57-56(66)55(65)53(48-61)69-59(57)68-49-50(51(62)45-42-39-36-33-30-27-23-20-17-14-11-8-5-2)60-58(67)52(63)46-43-40-37-34-31-28-24-21-18-15-12-9-6-3/h9,12,16,18-19,21-22,25,28,31,42,45,50-53,55-57,59,61-63,65-66H,4-8,10-11,13-15,17,20,23-24,26-27,29-30,32-41,43-44,46-49H2,1-3H3,(H,60,67)/b12-9+,19-16+,21-18+,25-22+,31-28+,45-42+. The maximum Gasteiger partial charge on any atom is 0.306 e. The number of nitrogens with one attached hydrogen (secondary N) is 1. The Morgan fingerprint density at radius 3 is 1.66 bits per heavy atom. The van der Waals surface area contributed by atoms with Crippen molar-refractivity contribution >= 4 is 11.9 Å². The maximum absolute atomic E-state index is 13.3. The maximum atomic E-state index is 13.3. The van der Waals surface area contributed by atoms with Crippen LogP contribution in [0.25, 0.3) is 0 Å². The van der Waals surface area contributed by atoms with Crippen molar-refractivity contribution in [2.45, 2.75) is 275 Å². The van der Waals surface area contributed by atoms with Gasteiger partial charge in [0.2, 0.25) is 5.91 Å². The van der Waals surface area contributed by atoms with Crippen molar-refractivity contribution in [3.05, 3.63) is 72.9 Å². The van der Waals surface area contributed by atoms with Crippen LogP contribution < -0.4 is 5.32 Å². The molecule has 0 radical (unpaired) electrons. The molecule has 0 aliphatic carbocycles. The molecule has 1 heterocycles. The molecule has 1 aliphatic heterocycles. The highest BCUT2D eigenvalue weighted by atomic mass is 16.7. The van der Waals surface area contributed by atoms with Crippen LogP contribution in [0.4, 0.5) is 0 Å². The lowest BCUT2D eigenvalue weighted by Crippen LogP contribution is -2.61. The molecule has 0 aromatic carbocycles. The van der Waals surface area contributed by atoms with E-state index < -0.39 is 67.4 Å². The first-order chi connectivity index (χ1) is 34.2. The summed E-state index contributed by atoms with van der Waals surface area (Å²) in [5.74, 6) is -1.23. The van der Waals surface area contributed by atoms with Crippen molar-refractivity contribution in [1.82, 2.24) is 5.32 Å². The second-order valence-corrected chi connectivity index (χ2v) is 19.3. The van der Waals surface area contributed by atoms with Crippen molar-refractivity contribution in [3.63, 3.8) is 0 Å². The monoisotopic (exact) mass is 986 g/mol. The summed E-state index contributed by atoms with van der Waals surface area (Å²) in [5.41, 5.74) is 0. The number of carbonyl (C=O) groups is 2. The Kier molecular flexibility index (Phi) is 43.8. The van der Waals surface area contributed by atoms with Crippen LogP contribution in [0.3, 0.4) is 0 Å². The molecule has 0 aromatic rings. The smallest absolute Gasteiger partial charge is 0.306 e. The molecule has 1 amide bonds. The molecule has 0 spiro atoms. The minimum atomic E-state index is -1.62.